The maximum absolute atomic E-state index is 13.0. The molecular weight excluding hydrogens is 420 g/mol. The highest BCUT2D eigenvalue weighted by atomic mass is 32.2. The zero-order valence-corrected chi connectivity index (χ0v) is 19.4. The molecule has 0 radical (unpaired) electrons. The van der Waals surface area contributed by atoms with Crippen molar-refractivity contribution >= 4 is 23.4 Å². The standard InChI is InChI=1S/C25H28N4O2S/c1-4-14-29-22(16-31-24-18(2)9-7-10-19(24)3)26-27-25(29)32-17-23(30)28-15-8-12-20-11-5-6-13-21(20)28/h4-7,9-11,13H,1,8,12,14-17H2,2-3H3. The molecule has 7 heteroatoms. The molecule has 4 rings (SSSR count). The van der Waals surface area contributed by atoms with Gasteiger partial charge in [-0.1, -0.05) is 54.2 Å². The molecule has 3 aromatic rings. The summed E-state index contributed by atoms with van der Waals surface area (Å²) in [7, 11) is 0. The third-order valence-electron chi connectivity index (χ3n) is 5.60. The molecule has 0 saturated carbocycles. The second-order valence-electron chi connectivity index (χ2n) is 7.87. The molecule has 0 unspecified atom stereocenters. The summed E-state index contributed by atoms with van der Waals surface area (Å²) in [4.78, 5) is 14.9. The van der Waals surface area contributed by atoms with Gasteiger partial charge in [-0.2, -0.15) is 0 Å². The smallest absolute Gasteiger partial charge is 0.237 e. The first kappa shape index (κ1) is 22.1. The molecule has 0 N–H and O–H groups in total. The van der Waals surface area contributed by atoms with E-state index >= 15 is 0 Å². The van der Waals surface area contributed by atoms with Crippen molar-refractivity contribution in [2.24, 2.45) is 0 Å². The van der Waals surface area contributed by atoms with Crippen LogP contribution in [0.25, 0.3) is 0 Å². The first-order valence-electron chi connectivity index (χ1n) is 10.8. The van der Waals surface area contributed by atoms with Gasteiger partial charge in [-0.25, -0.2) is 0 Å². The molecular formula is C25H28N4O2S. The number of benzene rings is 2. The number of nitrogens with zero attached hydrogens (tertiary/aromatic N) is 4. The number of allylic oxidation sites excluding steroid dienone is 1. The van der Waals surface area contributed by atoms with E-state index in [1.54, 1.807) is 6.08 Å². The number of carbonyl (C=O) groups excluding carboxylic acids is 1. The predicted octanol–water partition coefficient (Wildman–Crippen LogP) is 4.73. The molecule has 0 spiro atoms. The minimum absolute atomic E-state index is 0.0867. The molecule has 1 aliphatic rings. The Balaban J connectivity index is 1.45. The van der Waals surface area contributed by atoms with Gasteiger partial charge in [0.2, 0.25) is 5.91 Å². The van der Waals surface area contributed by atoms with Gasteiger partial charge in [0.05, 0.1) is 5.75 Å². The van der Waals surface area contributed by atoms with E-state index in [0.717, 1.165) is 42.0 Å². The van der Waals surface area contributed by atoms with Gasteiger partial charge in [-0.05, 0) is 49.4 Å². The molecule has 1 aromatic heterocycles. The summed E-state index contributed by atoms with van der Waals surface area (Å²) in [5, 5.41) is 9.36. The number of fused-ring (bicyclic) bond motifs is 1. The van der Waals surface area contributed by atoms with Gasteiger partial charge in [0, 0.05) is 18.8 Å². The quantitative estimate of drug-likeness (QED) is 0.368. The van der Waals surface area contributed by atoms with E-state index < -0.39 is 0 Å². The maximum atomic E-state index is 13.0. The Hall–Kier alpha value is -3.06. The lowest BCUT2D eigenvalue weighted by Gasteiger charge is -2.29. The molecule has 0 fully saturated rings. The number of hydrogen-bond acceptors (Lipinski definition) is 5. The largest absolute Gasteiger partial charge is 0.485 e. The van der Waals surface area contributed by atoms with Crippen LogP contribution in [0.5, 0.6) is 5.75 Å². The van der Waals surface area contributed by atoms with Crippen molar-refractivity contribution < 1.29 is 9.53 Å². The monoisotopic (exact) mass is 448 g/mol. The van der Waals surface area contributed by atoms with Crippen LogP contribution in [0.4, 0.5) is 5.69 Å². The van der Waals surface area contributed by atoms with E-state index in [9.17, 15) is 4.79 Å². The van der Waals surface area contributed by atoms with Crippen molar-refractivity contribution in [2.45, 2.75) is 45.0 Å². The Kier molecular flexibility index (Phi) is 6.95. The number of amides is 1. The third kappa shape index (κ3) is 4.72. The topological polar surface area (TPSA) is 60.2 Å². The summed E-state index contributed by atoms with van der Waals surface area (Å²) in [5.41, 5.74) is 4.43. The van der Waals surface area contributed by atoms with Crippen LogP contribution in [0, 0.1) is 13.8 Å². The van der Waals surface area contributed by atoms with E-state index in [1.807, 2.05) is 59.7 Å². The number of aryl methyl sites for hydroxylation is 3. The van der Waals surface area contributed by atoms with Crippen molar-refractivity contribution in [1.82, 2.24) is 14.8 Å². The van der Waals surface area contributed by atoms with Crippen molar-refractivity contribution in [3.8, 4) is 5.75 Å². The van der Waals surface area contributed by atoms with E-state index in [1.165, 1.54) is 17.3 Å². The molecule has 0 atom stereocenters. The normalized spacial score (nSPS) is 13.0. The molecule has 6 nitrogen and oxygen atoms in total. The van der Waals surface area contributed by atoms with E-state index in [4.69, 9.17) is 4.74 Å². The van der Waals surface area contributed by atoms with Crippen LogP contribution in [0.3, 0.4) is 0 Å². The average molecular weight is 449 g/mol. The van der Waals surface area contributed by atoms with E-state index in [0.29, 0.717) is 29.9 Å². The van der Waals surface area contributed by atoms with Crippen molar-refractivity contribution in [2.75, 3.05) is 17.2 Å². The fraction of sp³-hybridized carbons (Fsp3) is 0.320. The first-order chi connectivity index (χ1) is 15.6. The van der Waals surface area contributed by atoms with Gasteiger partial charge in [0.25, 0.3) is 0 Å². The van der Waals surface area contributed by atoms with Gasteiger partial charge in [0.15, 0.2) is 11.0 Å². The molecule has 1 amide bonds. The van der Waals surface area contributed by atoms with Crippen LogP contribution in [-0.4, -0.2) is 33.0 Å². The number of hydrogen-bond donors (Lipinski definition) is 0. The number of rotatable bonds is 8. The fourth-order valence-electron chi connectivity index (χ4n) is 4.01. The van der Waals surface area contributed by atoms with Crippen LogP contribution in [0.1, 0.15) is 28.9 Å². The lowest BCUT2D eigenvalue weighted by Crippen LogP contribution is -2.36. The van der Waals surface area contributed by atoms with Crippen molar-refractivity contribution in [1.29, 1.82) is 0 Å². The number of anilines is 1. The Morgan fingerprint density at radius 3 is 2.72 bits per heavy atom. The first-order valence-corrected chi connectivity index (χ1v) is 11.8. The summed E-state index contributed by atoms with van der Waals surface area (Å²) in [5.74, 6) is 1.98. The summed E-state index contributed by atoms with van der Waals surface area (Å²) in [6.07, 6.45) is 3.81. The number of ether oxygens (including phenoxy) is 1. The minimum Gasteiger partial charge on any atom is -0.485 e. The summed E-state index contributed by atoms with van der Waals surface area (Å²) in [6.45, 7) is 9.53. The van der Waals surface area contributed by atoms with Gasteiger partial charge >= 0.3 is 0 Å². The molecule has 0 saturated heterocycles. The Morgan fingerprint density at radius 1 is 1.16 bits per heavy atom. The Bertz CT molecular complexity index is 1100. The zero-order valence-electron chi connectivity index (χ0n) is 18.6. The van der Waals surface area contributed by atoms with Crippen LogP contribution < -0.4 is 9.64 Å². The molecule has 2 aromatic carbocycles. The number of aromatic nitrogens is 3. The molecule has 166 valence electrons. The molecule has 1 aliphatic heterocycles. The van der Waals surface area contributed by atoms with Crippen molar-refractivity contribution in [3.05, 3.63) is 77.6 Å². The van der Waals surface area contributed by atoms with Gasteiger partial charge in [-0.3, -0.25) is 9.36 Å². The SMILES string of the molecule is C=CCn1c(COc2c(C)cccc2C)nnc1SCC(=O)N1CCCc2ccccc21. The molecule has 0 bridgehead atoms. The lowest BCUT2D eigenvalue weighted by atomic mass is 10.0. The zero-order chi connectivity index (χ0) is 22.5. The lowest BCUT2D eigenvalue weighted by molar-refractivity contribution is -0.116. The highest BCUT2D eigenvalue weighted by Crippen LogP contribution is 2.28. The number of para-hydroxylation sites is 2. The van der Waals surface area contributed by atoms with Gasteiger partial charge < -0.3 is 9.64 Å². The maximum Gasteiger partial charge on any atom is 0.237 e. The van der Waals surface area contributed by atoms with Crippen LogP contribution in [-0.2, 0) is 24.4 Å². The predicted molar refractivity (Wildman–Crippen MR) is 128 cm³/mol. The Labute approximate surface area is 193 Å². The van der Waals surface area contributed by atoms with Gasteiger partial charge in [0.1, 0.15) is 12.4 Å². The second-order valence-corrected chi connectivity index (χ2v) is 8.82. The molecule has 0 aliphatic carbocycles. The molecule has 32 heavy (non-hydrogen) atoms. The van der Waals surface area contributed by atoms with Crippen molar-refractivity contribution in [3.63, 3.8) is 0 Å². The highest BCUT2D eigenvalue weighted by Gasteiger charge is 2.23. The van der Waals surface area contributed by atoms with Crippen LogP contribution in [0.15, 0.2) is 60.3 Å². The third-order valence-corrected chi connectivity index (χ3v) is 6.55. The van der Waals surface area contributed by atoms with Gasteiger partial charge in [-0.15, -0.1) is 16.8 Å². The van der Waals surface area contributed by atoms with Crippen LogP contribution in [0.2, 0.25) is 0 Å². The number of thioether (sulfide) groups is 1. The summed E-state index contributed by atoms with van der Waals surface area (Å²) in [6, 6.07) is 14.2. The number of carbonyl (C=O) groups is 1. The second kappa shape index (κ2) is 10.0. The van der Waals surface area contributed by atoms with E-state index in [-0.39, 0.29) is 5.91 Å². The fourth-order valence-corrected chi connectivity index (χ4v) is 4.85. The average Bonchev–Trinajstić information content (AvgIpc) is 3.18. The van der Waals surface area contributed by atoms with E-state index in [2.05, 4.69) is 22.8 Å². The summed E-state index contributed by atoms with van der Waals surface area (Å²) >= 11 is 1.41. The van der Waals surface area contributed by atoms with Crippen LogP contribution >= 0.6 is 11.8 Å². The molecule has 2 heterocycles. The highest BCUT2D eigenvalue weighted by molar-refractivity contribution is 7.99. The minimum atomic E-state index is 0.0867. The summed E-state index contributed by atoms with van der Waals surface area (Å²) < 4.78 is 8.03. The Morgan fingerprint density at radius 2 is 1.94 bits per heavy atom.